The van der Waals surface area contributed by atoms with Crippen LogP contribution >= 0.6 is 23.2 Å². The molecule has 1 atom stereocenters. The van der Waals surface area contributed by atoms with E-state index in [1.807, 2.05) is 37.3 Å². The summed E-state index contributed by atoms with van der Waals surface area (Å²) >= 11 is 12.1. The average Bonchev–Trinajstić information content (AvgIpc) is 2.79. The molecule has 0 radical (unpaired) electrons. The first-order valence-electron chi connectivity index (χ1n) is 10.1. The predicted octanol–water partition coefficient (Wildman–Crippen LogP) is 4.09. The van der Waals surface area contributed by atoms with Gasteiger partial charge in [-0.1, -0.05) is 41.4 Å². The van der Waals surface area contributed by atoms with Crippen molar-refractivity contribution in [3.63, 3.8) is 0 Å². The van der Waals surface area contributed by atoms with E-state index in [1.54, 1.807) is 28.0 Å². The molecule has 31 heavy (non-hydrogen) atoms. The van der Waals surface area contributed by atoms with Gasteiger partial charge in [-0.25, -0.2) is 0 Å². The van der Waals surface area contributed by atoms with Gasteiger partial charge in [0.1, 0.15) is 0 Å². The van der Waals surface area contributed by atoms with Gasteiger partial charge < -0.3 is 9.80 Å². The van der Waals surface area contributed by atoms with Crippen molar-refractivity contribution >= 4 is 40.7 Å². The maximum atomic E-state index is 13.2. The molecule has 2 aromatic rings. The van der Waals surface area contributed by atoms with Crippen molar-refractivity contribution in [2.24, 2.45) is 0 Å². The van der Waals surface area contributed by atoms with Gasteiger partial charge in [0.05, 0.1) is 29.1 Å². The number of hydrogen-bond acceptors (Lipinski definition) is 4. The highest BCUT2D eigenvalue weighted by molar-refractivity contribution is 6.36. The Hall–Kier alpha value is -2.59. The standard InChI is InChI=1S/C23H24Cl2N4O2/c1-17(22(30)29(11-5-10-26)19-6-3-2-4-7-19)27-12-14-28(15-13-27)23(31)20-9-8-18(24)16-21(20)25/h2-4,6-9,16-17H,5,11-15H2,1H3. The van der Waals surface area contributed by atoms with Crippen LogP contribution in [-0.2, 0) is 4.79 Å². The van der Waals surface area contributed by atoms with Crippen LogP contribution in [0.4, 0.5) is 5.69 Å². The number of hydrogen-bond donors (Lipinski definition) is 0. The Kier molecular flexibility index (Phi) is 7.91. The first-order chi connectivity index (χ1) is 14.9. The lowest BCUT2D eigenvalue weighted by atomic mass is 10.1. The van der Waals surface area contributed by atoms with Crippen LogP contribution in [0.25, 0.3) is 0 Å². The zero-order valence-electron chi connectivity index (χ0n) is 17.3. The van der Waals surface area contributed by atoms with E-state index < -0.39 is 0 Å². The largest absolute Gasteiger partial charge is 0.336 e. The van der Waals surface area contributed by atoms with Gasteiger partial charge >= 0.3 is 0 Å². The molecule has 0 bridgehead atoms. The van der Waals surface area contributed by atoms with Crippen LogP contribution in [0.1, 0.15) is 23.7 Å². The molecule has 0 aromatic heterocycles. The first kappa shape index (κ1) is 23.1. The second-order valence-corrected chi connectivity index (χ2v) is 8.21. The van der Waals surface area contributed by atoms with E-state index in [9.17, 15) is 9.59 Å². The zero-order chi connectivity index (χ0) is 22.4. The summed E-state index contributed by atoms with van der Waals surface area (Å²) in [5.41, 5.74) is 1.20. The van der Waals surface area contributed by atoms with Gasteiger partial charge in [0.25, 0.3) is 5.91 Å². The maximum absolute atomic E-state index is 13.2. The second kappa shape index (κ2) is 10.6. The zero-order valence-corrected chi connectivity index (χ0v) is 18.8. The minimum Gasteiger partial charge on any atom is -0.336 e. The summed E-state index contributed by atoms with van der Waals surface area (Å²) in [5, 5.41) is 9.81. The van der Waals surface area contributed by atoms with E-state index in [4.69, 9.17) is 28.5 Å². The van der Waals surface area contributed by atoms with Crippen LogP contribution in [0.15, 0.2) is 48.5 Å². The molecule has 6 nitrogen and oxygen atoms in total. The minimum atomic E-state index is -0.365. The Morgan fingerprint density at radius 1 is 1.10 bits per heavy atom. The number of amides is 2. The highest BCUT2D eigenvalue weighted by atomic mass is 35.5. The SMILES string of the molecule is CC(C(=O)N(CCC#N)c1ccccc1)N1CCN(C(=O)c2ccc(Cl)cc2Cl)CC1. The minimum absolute atomic E-state index is 0.0537. The topological polar surface area (TPSA) is 67.7 Å². The highest BCUT2D eigenvalue weighted by Gasteiger charge is 2.31. The molecule has 2 amide bonds. The van der Waals surface area contributed by atoms with E-state index in [0.717, 1.165) is 5.69 Å². The number of halogens is 2. The molecular formula is C23H24Cl2N4O2. The molecule has 1 aliphatic rings. The third-order valence-electron chi connectivity index (χ3n) is 5.45. The molecule has 0 saturated carbocycles. The van der Waals surface area contributed by atoms with Gasteiger partial charge in [-0.2, -0.15) is 5.26 Å². The van der Waals surface area contributed by atoms with Crippen LogP contribution in [0, 0.1) is 11.3 Å². The molecule has 1 fully saturated rings. The molecular weight excluding hydrogens is 435 g/mol. The van der Waals surface area contributed by atoms with Gasteiger partial charge in [-0.3, -0.25) is 14.5 Å². The van der Waals surface area contributed by atoms with Crippen LogP contribution in [0.5, 0.6) is 0 Å². The Balaban J connectivity index is 1.64. The summed E-state index contributed by atoms with van der Waals surface area (Å²) in [4.78, 5) is 31.5. The molecule has 1 saturated heterocycles. The fourth-order valence-electron chi connectivity index (χ4n) is 3.66. The lowest BCUT2D eigenvalue weighted by Crippen LogP contribution is -2.55. The highest BCUT2D eigenvalue weighted by Crippen LogP contribution is 2.23. The molecule has 3 rings (SSSR count). The fourth-order valence-corrected chi connectivity index (χ4v) is 4.15. The third kappa shape index (κ3) is 5.56. The number of piperazine rings is 1. The Bertz CT molecular complexity index is 969. The summed E-state index contributed by atoms with van der Waals surface area (Å²) < 4.78 is 0. The number of carbonyl (C=O) groups excluding carboxylic acids is 2. The third-order valence-corrected chi connectivity index (χ3v) is 6.00. The first-order valence-corrected chi connectivity index (χ1v) is 10.9. The fraction of sp³-hybridized carbons (Fsp3) is 0.348. The molecule has 1 aliphatic heterocycles. The van der Waals surface area contributed by atoms with E-state index in [0.29, 0.717) is 48.3 Å². The Labute approximate surface area is 192 Å². The molecule has 0 spiro atoms. The molecule has 162 valence electrons. The monoisotopic (exact) mass is 458 g/mol. The van der Waals surface area contributed by atoms with Crippen molar-refractivity contribution in [2.75, 3.05) is 37.6 Å². The Morgan fingerprint density at radius 2 is 1.77 bits per heavy atom. The average molecular weight is 459 g/mol. The lowest BCUT2D eigenvalue weighted by Gasteiger charge is -2.39. The van der Waals surface area contributed by atoms with Crippen LogP contribution in [0.2, 0.25) is 10.0 Å². The van der Waals surface area contributed by atoms with Crippen LogP contribution in [-0.4, -0.2) is 60.4 Å². The van der Waals surface area contributed by atoms with Crippen molar-refractivity contribution in [2.45, 2.75) is 19.4 Å². The van der Waals surface area contributed by atoms with Crippen molar-refractivity contribution in [3.8, 4) is 6.07 Å². The summed E-state index contributed by atoms with van der Waals surface area (Å²) in [6.07, 6.45) is 0.261. The summed E-state index contributed by atoms with van der Waals surface area (Å²) in [5.74, 6) is -0.192. The van der Waals surface area contributed by atoms with Crippen molar-refractivity contribution in [1.29, 1.82) is 5.26 Å². The number of para-hydroxylation sites is 1. The van der Waals surface area contributed by atoms with Crippen molar-refractivity contribution in [1.82, 2.24) is 9.80 Å². The summed E-state index contributed by atoms with van der Waals surface area (Å²) in [6, 6.07) is 16.0. The van der Waals surface area contributed by atoms with Crippen molar-refractivity contribution in [3.05, 3.63) is 64.1 Å². The van der Waals surface area contributed by atoms with Gasteiger partial charge in [-0.05, 0) is 37.3 Å². The van der Waals surface area contributed by atoms with E-state index in [1.165, 1.54) is 0 Å². The van der Waals surface area contributed by atoms with Crippen molar-refractivity contribution < 1.29 is 9.59 Å². The molecule has 8 heteroatoms. The second-order valence-electron chi connectivity index (χ2n) is 7.36. The lowest BCUT2D eigenvalue weighted by molar-refractivity contribution is -0.123. The molecule has 2 aromatic carbocycles. The van der Waals surface area contributed by atoms with E-state index >= 15 is 0 Å². The van der Waals surface area contributed by atoms with Gasteiger partial charge in [0, 0.05) is 43.4 Å². The summed E-state index contributed by atoms with van der Waals surface area (Å²) in [6.45, 7) is 4.36. The molecule has 0 N–H and O–H groups in total. The number of benzene rings is 2. The van der Waals surface area contributed by atoms with Gasteiger partial charge in [0.2, 0.25) is 5.91 Å². The summed E-state index contributed by atoms with van der Waals surface area (Å²) in [7, 11) is 0. The maximum Gasteiger partial charge on any atom is 0.255 e. The van der Waals surface area contributed by atoms with Gasteiger partial charge in [-0.15, -0.1) is 0 Å². The normalized spacial score (nSPS) is 15.2. The number of nitrogens with zero attached hydrogens (tertiary/aromatic N) is 4. The molecule has 1 unspecified atom stereocenters. The molecule has 0 aliphatic carbocycles. The Morgan fingerprint density at radius 3 is 2.39 bits per heavy atom. The van der Waals surface area contributed by atoms with Crippen LogP contribution in [0.3, 0.4) is 0 Å². The number of carbonyl (C=O) groups is 2. The number of rotatable bonds is 6. The number of anilines is 1. The van der Waals surface area contributed by atoms with E-state index in [2.05, 4.69) is 11.0 Å². The smallest absolute Gasteiger partial charge is 0.255 e. The van der Waals surface area contributed by atoms with E-state index in [-0.39, 0.29) is 24.3 Å². The number of nitriles is 1. The van der Waals surface area contributed by atoms with Crippen LogP contribution < -0.4 is 4.90 Å². The quantitative estimate of drug-likeness (QED) is 0.653. The van der Waals surface area contributed by atoms with Gasteiger partial charge in [0.15, 0.2) is 0 Å². The molecule has 1 heterocycles. The predicted molar refractivity (Wildman–Crippen MR) is 122 cm³/mol.